The lowest BCUT2D eigenvalue weighted by Gasteiger charge is -2.30. The predicted octanol–water partition coefficient (Wildman–Crippen LogP) is 17.9. The summed E-state index contributed by atoms with van der Waals surface area (Å²) in [6.45, 7) is 9.80. The highest BCUT2D eigenvalue weighted by atomic mass is 28.3. The lowest BCUT2D eigenvalue weighted by molar-refractivity contribution is 0.669. The minimum Gasteiger partial charge on any atom is -0.454 e. The fraction of sp³-hybridized carbons (Fsp3) is 0.0462. The second-order valence-corrected chi connectivity index (χ2v) is 23.4. The molecule has 0 unspecified atom stereocenters. The van der Waals surface area contributed by atoms with Gasteiger partial charge in [0.05, 0.1) is 19.4 Å². The highest BCUT2D eigenvalue weighted by molar-refractivity contribution is 6.92. The number of benzene rings is 10. The van der Waals surface area contributed by atoms with Crippen LogP contribution in [0.1, 0.15) is 5.56 Å². The molecule has 1 aliphatic heterocycles. The number of hydrogen-bond acceptors (Lipinski definition) is 3. The summed E-state index contributed by atoms with van der Waals surface area (Å²) in [4.78, 5) is 4.76. The summed E-state index contributed by atoms with van der Waals surface area (Å²) >= 11 is 0. The lowest BCUT2D eigenvalue weighted by Crippen LogP contribution is -2.41. The Hall–Kier alpha value is -8.44. The summed E-state index contributed by atoms with van der Waals surface area (Å²) in [6.07, 6.45) is 6.96. The van der Waals surface area contributed by atoms with Crippen LogP contribution in [0.4, 0.5) is 28.4 Å². The quantitative estimate of drug-likeness (QED) is 0.142. The maximum atomic E-state index is 6.71. The third kappa shape index (κ3) is 7.56. The van der Waals surface area contributed by atoms with Gasteiger partial charge >= 0.3 is 0 Å². The van der Waals surface area contributed by atoms with Crippen molar-refractivity contribution < 1.29 is 4.42 Å². The second kappa shape index (κ2) is 17.3. The van der Waals surface area contributed by atoms with Gasteiger partial charge in [0.25, 0.3) is 0 Å². The minimum atomic E-state index is -2.13. The number of para-hydroxylation sites is 4. The third-order valence-electron chi connectivity index (χ3n) is 13.9. The van der Waals surface area contributed by atoms with E-state index in [-0.39, 0.29) is 0 Å². The van der Waals surface area contributed by atoms with Crippen molar-refractivity contribution in [1.29, 1.82) is 0 Å². The standard InChI is InChI=1S/C65H50N2OSi/c1-45-32-36-52(66(50-22-8-5-9-23-50)53-39-33-46-18-10-11-21-49(46)44-53)42-43-69(2,3)63-31-17-26-58-55(41-40-54(45)64(58)63)48-34-37-51(38-35-48)67(60-28-14-12-24-56(60)47-19-6-4-7-20-47)61-29-16-27-59-57-25-13-15-30-62(57)68-65(59)61/h4-42,44H,1,43H2,2-3H3/b36-32-,52-42+. The molecule has 11 aromatic rings. The zero-order valence-electron chi connectivity index (χ0n) is 38.8. The zero-order chi connectivity index (χ0) is 46.5. The molecular weight excluding hydrogens is 853 g/mol. The molecule has 1 aromatic heterocycles. The number of anilines is 5. The van der Waals surface area contributed by atoms with Crippen LogP contribution in [-0.2, 0) is 0 Å². The Balaban J connectivity index is 0.961. The third-order valence-corrected chi connectivity index (χ3v) is 17.0. The number of allylic oxidation sites excluding steroid dienone is 4. The summed E-state index contributed by atoms with van der Waals surface area (Å²) < 4.78 is 6.71. The predicted molar refractivity (Wildman–Crippen MR) is 297 cm³/mol. The highest BCUT2D eigenvalue weighted by Gasteiger charge is 2.29. The molecule has 1 aliphatic rings. The highest BCUT2D eigenvalue weighted by Crippen LogP contribution is 2.46. The summed E-state index contributed by atoms with van der Waals surface area (Å²) in [7, 11) is -2.13. The van der Waals surface area contributed by atoms with Crippen molar-refractivity contribution in [2.45, 2.75) is 19.1 Å². The number of furan rings is 1. The molecule has 0 atom stereocenters. The Morgan fingerprint density at radius 1 is 0.449 bits per heavy atom. The Labute approximate surface area is 404 Å². The van der Waals surface area contributed by atoms with E-state index >= 15 is 0 Å². The molecule has 3 nitrogen and oxygen atoms in total. The van der Waals surface area contributed by atoms with E-state index in [4.69, 9.17) is 11.0 Å². The van der Waals surface area contributed by atoms with E-state index in [0.29, 0.717) is 0 Å². The van der Waals surface area contributed by atoms with E-state index in [0.717, 1.165) is 84.4 Å². The molecule has 0 amide bonds. The van der Waals surface area contributed by atoms with Crippen LogP contribution in [-0.4, -0.2) is 8.07 Å². The van der Waals surface area contributed by atoms with Crippen molar-refractivity contribution in [3.05, 3.63) is 261 Å². The SMILES string of the molecule is C=C1/C=C\C(N(c2ccccc2)c2ccc3ccccc3c2)=C/C[Si](C)(C)c2cccc3c(-c4ccc(N(c5ccccc5-c5ccccc5)c5cccc6c5oc5ccccc56)cc4)ccc1c23. The fourth-order valence-electron chi connectivity index (χ4n) is 10.4. The normalized spacial score (nSPS) is 14.7. The first kappa shape index (κ1) is 41.9. The Morgan fingerprint density at radius 2 is 1.07 bits per heavy atom. The van der Waals surface area contributed by atoms with Crippen LogP contribution in [0.3, 0.4) is 0 Å². The molecule has 0 fully saturated rings. The summed E-state index contributed by atoms with van der Waals surface area (Å²) in [6, 6.07) is 81.9. The van der Waals surface area contributed by atoms with Gasteiger partial charge < -0.3 is 14.2 Å². The van der Waals surface area contributed by atoms with Gasteiger partial charge in [0.15, 0.2) is 5.58 Å². The number of fused-ring (bicyclic) bond motifs is 4. The average Bonchev–Trinajstić information content (AvgIpc) is 3.79. The molecule has 0 aliphatic carbocycles. The molecule has 0 saturated carbocycles. The minimum absolute atomic E-state index is 0.859. The van der Waals surface area contributed by atoms with Crippen molar-refractivity contribution >= 4 is 90.8 Å². The van der Waals surface area contributed by atoms with Gasteiger partial charge in [0.1, 0.15) is 5.58 Å². The van der Waals surface area contributed by atoms with Gasteiger partial charge in [0, 0.05) is 39.1 Å². The summed E-state index contributed by atoms with van der Waals surface area (Å²) in [5.74, 6) is 0. The molecule has 0 radical (unpaired) electrons. The molecule has 330 valence electrons. The number of rotatable bonds is 8. The fourth-order valence-corrected chi connectivity index (χ4v) is 12.9. The van der Waals surface area contributed by atoms with Gasteiger partial charge in [-0.3, -0.25) is 0 Å². The first-order chi connectivity index (χ1) is 33.9. The largest absolute Gasteiger partial charge is 0.454 e. The van der Waals surface area contributed by atoms with Crippen LogP contribution in [0.25, 0.3) is 71.3 Å². The molecule has 0 saturated heterocycles. The zero-order valence-corrected chi connectivity index (χ0v) is 39.8. The molecule has 69 heavy (non-hydrogen) atoms. The summed E-state index contributed by atoms with van der Waals surface area (Å²) in [5, 5.41) is 8.66. The van der Waals surface area contributed by atoms with Crippen molar-refractivity contribution in [2.24, 2.45) is 0 Å². The average molecular weight is 903 g/mol. The van der Waals surface area contributed by atoms with Crippen LogP contribution in [0.5, 0.6) is 0 Å². The smallest absolute Gasteiger partial charge is 0.159 e. The van der Waals surface area contributed by atoms with E-state index < -0.39 is 8.07 Å². The maximum absolute atomic E-state index is 6.71. The van der Waals surface area contributed by atoms with Crippen LogP contribution in [0.15, 0.2) is 259 Å². The van der Waals surface area contributed by atoms with Crippen LogP contribution >= 0.6 is 0 Å². The molecule has 2 heterocycles. The van der Waals surface area contributed by atoms with E-state index in [1.807, 2.05) is 6.07 Å². The van der Waals surface area contributed by atoms with Crippen molar-refractivity contribution in [2.75, 3.05) is 9.80 Å². The number of hydrogen-bond donors (Lipinski definition) is 0. The van der Waals surface area contributed by atoms with Gasteiger partial charge in [-0.05, 0) is 116 Å². The van der Waals surface area contributed by atoms with E-state index in [2.05, 4.69) is 260 Å². The molecule has 12 rings (SSSR count). The van der Waals surface area contributed by atoms with Gasteiger partial charge in [-0.1, -0.05) is 207 Å². The molecule has 0 N–H and O–H groups in total. The summed E-state index contributed by atoms with van der Waals surface area (Å²) in [5.41, 5.74) is 15.1. The number of nitrogens with zero attached hydrogens (tertiary/aromatic N) is 2. The van der Waals surface area contributed by atoms with Gasteiger partial charge in [-0.15, -0.1) is 0 Å². The lowest BCUT2D eigenvalue weighted by atomic mass is 9.92. The van der Waals surface area contributed by atoms with Crippen LogP contribution in [0.2, 0.25) is 19.1 Å². The van der Waals surface area contributed by atoms with Crippen LogP contribution in [0, 0.1) is 0 Å². The van der Waals surface area contributed by atoms with E-state index in [9.17, 15) is 0 Å². The molecule has 0 bridgehead atoms. The maximum Gasteiger partial charge on any atom is 0.159 e. The van der Waals surface area contributed by atoms with Crippen LogP contribution < -0.4 is 15.0 Å². The van der Waals surface area contributed by atoms with Gasteiger partial charge in [-0.2, -0.15) is 0 Å². The van der Waals surface area contributed by atoms with Crippen molar-refractivity contribution in [1.82, 2.24) is 0 Å². The first-order valence-corrected chi connectivity index (χ1v) is 27.0. The Bertz CT molecular complexity index is 3810. The molecule has 0 spiro atoms. The Kier molecular flexibility index (Phi) is 10.5. The second-order valence-electron chi connectivity index (χ2n) is 18.7. The van der Waals surface area contributed by atoms with E-state index in [1.54, 1.807) is 0 Å². The molecule has 10 aromatic carbocycles. The van der Waals surface area contributed by atoms with Crippen molar-refractivity contribution in [3.8, 4) is 22.3 Å². The Morgan fingerprint density at radius 3 is 1.91 bits per heavy atom. The molecular formula is C65H50N2OSi. The van der Waals surface area contributed by atoms with Crippen molar-refractivity contribution in [3.63, 3.8) is 0 Å². The van der Waals surface area contributed by atoms with Gasteiger partial charge in [0.2, 0.25) is 0 Å². The first-order valence-electron chi connectivity index (χ1n) is 23.8. The van der Waals surface area contributed by atoms with Gasteiger partial charge in [-0.25, -0.2) is 0 Å². The topological polar surface area (TPSA) is 19.6 Å². The molecule has 4 heteroatoms. The van der Waals surface area contributed by atoms with E-state index in [1.165, 1.54) is 37.9 Å². The monoisotopic (exact) mass is 902 g/mol.